The lowest BCUT2D eigenvalue weighted by Gasteiger charge is -2.18. The molecule has 0 saturated carbocycles. The normalized spacial score (nSPS) is 12.5. The van der Waals surface area contributed by atoms with Crippen molar-refractivity contribution in [1.29, 1.82) is 0 Å². The number of nitrogens with two attached hydrogens (primary N) is 1. The van der Waals surface area contributed by atoms with Gasteiger partial charge in [-0.3, -0.25) is 4.98 Å². The molecule has 0 amide bonds. The summed E-state index contributed by atoms with van der Waals surface area (Å²) < 4.78 is 0. The summed E-state index contributed by atoms with van der Waals surface area (Å²) in [6.07, 6.45) is 3.66. The molecule has 1 atom stereocenters. The highest BCUT2D eigenvalue weighted by Crippen LogP contribution is 2.25. The van der Waals surface area contributed by atoms with E-state index in [4.69, 9.17) is 5.73 Å². The maximum Gasteiger partial charge on any atom is 0.0558 e. The zero-order valence-electron chi connectivity index (χ0n) is 10.6. The maximum absolute atomic E-state index is 6.36. The van der Waals surface area contributed by atoms with Crippen molar-refractivity contribution in [3.05, 3.63) is 64.5 Å². The van der Waals surface area contributed by atoms with Crippen LogP contribution >= 0.6 is 0 Å². The van der Waals surface area contributed by atoms with E-state index in [-0.39, 0.29) is 6.04 Å². The Morgan fingerprint density at radius 1 is 1.00 bits per heavy atom. The molecule has 0 aliphatic heterocycles. The minimum Gasteiger partial charge on any atom is -0.320 e. The monoisotopic (exact) mass is 226 g/mol. The van der Waals surface area contributed by atoms with Gasteiger partial charge in [-0.2, -0.15) is 0 Å². The Bertz CT molecular complexity index is 532. The number of benzene rings is 1. The Morgan fingerprint density at radius 3 is 2.47 bits per heavy atom. The van der Waals surface area contributed by atoms with Gasteiger partial charge in [-0.05, 0) is 54.7 Å². The van der Waals surface area contributed by atoms with E-state index in [0.717, 1.165) is 11.1 Å². The second kappa shape index (κ2) is 4.68. The fraction of sp³-hybridized carbons (Fsp3) is 0.267. The first-order chi connectivity index (χ1) is 8.11. The average Bonchev–Trinajstić information content (AvgIpc) is 2.32. The predicted molar refractivity (Wildman–Crippen MR) is 70.9 cm³/mol. The van der Waals surface area contributed by atoms with Crippen LogP contribution in [0.1, 0.15) is 33.9 Å². The third-order valence-electron chi connectivity index (χ3n) is 3.38. The van der Waals surface area contributed by atoms with Crippen LogP contribution in [0.3, 0.4) is 0 Å². The number of hydrogen-bond donors (Lipinski definition) is 1. The highest BCUT2D eigenvalue weighted by molar-refractivity contribution is 5.41. The summed E-state index contributed by atoms with van der Waals surface area (Å²) in [4.78, 5) is 4.11. The molecule has 1 aromatic carbocycles. The van der Waals surface area contributed by atoms with Gasteiger partial charge >= 0.3 is 0 Å². The third-order valence-corrected chi connectivity index (χ3v) is 3.38. The molecule has 88 valence electrons. The first-order valence-corrected chi connectivity index (χ1v) is 5.83. The van der Waals surface area contributed by atoms with E-state index in [1.165, 1.54) is 16.7 Å². The van der Waals surface area contributed by atoms with E-state index in [1.807, 2.05) is 19.2 Å². The van der Waals surface area contributed by atoms with E-state index in [2.05, 4.69) is 37.0 Å². The molecule has 2 rings (SSSR count). The Kier molecular flexibility index (Phi) is 3.25. The maximum atomic E-state index is 6.36. The van der Waals surface area contributed by atoms with Gasteiger partial charge in [0.25, 0.3) is 0 Å². The second-order valence-electron chi connectivity index (χ2n) is 4.50. The topological polar surface area (TPSA) is 38.9 Å². The van der Waals surface area contributed by atoms with Gasteiger partial charge in [-0.25, -0.2) is 0 Å². The molecule has 17 heavy (non-hydrogen) atoms. The Hall–Kier alpha value is -1.67. The summed E-state index contributed by atoms with van der Waals surface area (Å²) in [7, 11) is 0. The zero-order chi connectivity index (χ0) is 12.4. The predicted octanol–water partition coefficient (Wildman–Crippen LogP) is 3.05. The molecule has 2 N–H and O–H groups in total. The Balaban J connectivity index is 2.48. The molecule has 1 unspecified atom stereocenters. The van der Waals surface area contributed by atoms with E-state index in [0.29, 0.717) is 0 Å². The van der Waals surface area contributed by atoms with Gasteiger partial charge in [0.15, 0.2) is 0 Å². The summed E-state index contributed by atoms with van der Waals surface area (Å²) in [6, 6.07) is 8.21. The SMILES string of the molecule is Cc1cnccc1C(N)c1cccc(C)c1C. The van der Waals surface area contributed by atoms with Gasteiger partial charge in [0.2, 0.25) is 0 Å². The molecule has 0 bridgehead atoms. The summed E-state index contributed by atoms with van der Waals surface area (Å²) in [5.74, 6) is 0. The van der Waals surface area contributed by atoms with Crippen LogP contribution in [0.4, 0.5) is 0 Å². The highest BCUT2D eigenvalue weighted by atomic mass is 14.7. The highest BCUT2D eigenvalue weighted by Gasteiger charge is 2.13. The molecular formula is C15H18N2. The molecule has 0 aliphatic carbocycles. The smallest absolute Gasteiger partial charge is 0.0558 e. The van der Waals surface area contributed by atoms with Crippen molar-refractivity contribution in [2.75, 3.05) is 0 Å². The fourth-order valence-electron chi connectivity index (χ4n) is 2.11. The van der Waals surface area contributed by atoms with Crippen molar-refractivity contribution in [3.63, 3.8) is 0 Å². The van der Waals surface area contributed by atoms with Crippen LogP contribution in [0.25, 0.3) is 0 Å². The average molecular weight is 226 g/mol. The molecule has 1 heterocycles. The summed E-state index contributed by atoms with van der Waals surface area (Å²) in [5, 5.41) is 0. The summed E-state index contributed by atoms with van der Waals surface area (Å²) in [5.41, 5.74) is 12.4. The molecule has 1 aromatic heterocycles. The van der Waals surface area contributed by atoms with Crippen molar-refractivity contribution in [2.24, 2.45) is 5.73 Å². The number of hydrogen-bond acceptors (Lipinski definition) is 2. The minimum atomic E-state index is -0.0714. The second-order valence-corrected chi connectivity index (χ2v) is 4.50. The van der Waals surface area contributed by atoms with Crippen LogP contribution < -0.4 is 5.73 Å². The first kappa shape index (κ1) is 11.8. The van der Waals surface area contributed by atoms with Crippen LogP contribution in [0.5, 0.6) is 0 Å². The van der Waals surface area contributed by atoms with Crippen molar-refractivity contribution in [2.45, 2.75) is 26.8 Å². The third kappa shape index (κ3) is 2.22. The van der Waals surface area contributed by atoms with Gasteiger partial charge in [0, 0.05) is 12.4 Å². The van der Waals surface area contributed by atoms with Crippen LogP contribution in [0.2, 0.25) is 0 Å². The van der Waals surface area contributed by atoms with Gasteiger partial charge in [-0.15, -0.1) is 0 Å². The van der Waals surface area contributed by atoms with E-state index in [1.54, 1.807) is 6.20 Å². The largest absolute Gasteiger partial charge is 0.320 e. The van der Waals surface area contributed by atoms with Gasteiger partial charge in [0.05, 0.1) is 6.04 Å². The molecular weight excluding hydrogens is 208 g/mol. The van der Waals surface area contributed by atoms with Gasteiger partial charge < -0.3 is 5.73 Å². The fourth-order valence-corrected chi connectivity index (χ4v) is 2.11. The van der Waals surface area contributed by atoms with Crippen molar-refractivity contribution in [3.8, 4) is 0 Å². The molecule has 0 spiro atoms. The van der Waals surface area contributed by atoms with Crippen LogP contribution in [0.15, 0.2) is 36.7 Å². The standard InChI is InChI=1S/C15H18N2/c1-10-5-4-6-14(12(10)3)15(16)13-7-8-17-9-11(13)2/h4-9,15H,16H2,1-3H3. The molecule has 0 radical (unpaired) electrons. The number of pyridine rings is 1. The van der Waals surface area contributed by atoms with Crippen LogP contribution in [-0.2, 0) is 0 Å². The molecule has 2 heteroatoms. The van der Waals surface area contributed by atoms with Crippen molar-refractivity contribution < 1.29 is 0 Å². The van der Waals surface area contributed by atoms with Crippen molar-refractivity contribution in [1.82, 2.24) is 4.98 Å². The van der Waals surface area contributed by atoms with E-state index in [9.17, 15) is 0 Å². The molecule has 2 aromatic rings. The van der Waals surface area contributed by atoms with Crippen LogP contribution in [0, 0.1) is 20.8 Å². The summed E-state index contributed by atoms with van der Waals surface area (Å²) >= 11 is 0. The minimum absolute atomic E-state index is 0.0714. The Morgan fingerprint density at radius 2 is 1.76 bits per heavy atom. The molecule has 2 nitrogen and oxygen atoms in total. The zero-order valence-corrected chi connectivity index (χ0v) is 10.6. The number of aromatic nitrogens is 1. The van der Waals surface area contributed by atoms with E-state index < -0.39 is 0 Å². The number of rotatable bonds is 2. The van der Waals surface area contributed by atoms with Crippen LogP contribution in [-0.4, -0.2) is 4.98 Å². The first-order valence-electron chi connectivity index (χ1n) is 5.83. The molecule has 0 saturated heterocycles. The van der Waals surface area contributed by atoms with Gasteiger partial charge in [0.1, 0.15) is 0 Å². The lowest BCUT2D eigenvalue weighted by molar-refractivity contribution is 0.845. The quantitative estimate of drug-likeness (QED) is 0.854. The van der Waals surface area contributed by atoms with Gasteiger partial charge in [-0.1, -0.05) is 18.2 Å². The van der Waals surface area contributed by atoms with Crippen molar-refractivity contribution >= 4 is 0 Å². The summed E-state index contributed by atoms with van der Waals surface area (Å²) in [6.45, 7) is 6.29. The molecule has 0 aliphatic rings. The lowest BCUT2D eigenvalue weighted by atomic mass is 9.92. The molecule has 0 fully saturated rings. The number of nitrogens with zero attached hydrogens (tertiary/aromatic N) is 1. The van der Waals surface area contributed by atoms with E-state index >= 15 is 0 Å². The number of aryl methyl sites for hydroxylation is 2. The lowest BCUT2D eigenvalue weighted by Crippen LogP contribution is -2.15. The Labute approximate surface area is 103 Å².